The number of unbranched alkanes of at least 4 members (excludes halogenated alkanes) is 7. The van der Waals surface area contributed by atoms with Crippen LogP contribution in [0, 0.1) is 0 Å². The zero-order valence-corrected chi connectivity index (χ0v) is 16.6. The summed E-state index contributed by atoms with van der Waals surface area (Å²) in [6.45, 7) is 7.22. The second kappa shape index (κ2) is 12.9. The molecule has 0 aliphatic carbocycles. The maximum absolute atomic E-state index is 10.4. The Labute approximate surface area is 154 Å². The van der Waals surface area contributed by atoms with Gasteiger partial charge in [-0.2, -0.15) is 0 Å². The van der Waals surface area contributed by atoms with Crippen LogP contribution in [0.25, 0.3) is 0 Å². The number of ether oxygens (including phenoxy) is 1. The predicted molar refractivity (Wildman–Crippen MR) is 106 cm³/mol. The molecular formula is C22H38O3. The quantitative estimate of drug-likeness (QED) is 0.296. The molecule has 25 heavy (non-hydrogen) atoms. The highest BCUT2D eigenvalue weighted by atomic mass is 16.5. The average Bonchev–Trinajstić information content (AvgIpc) is 2.61. The van der Waals surface area contributed by atoms with Crippen LogP contribution >= 0.6 is 0 Å². The number of phenolic OH excluding ortho intramolecular Hbond substituents is 2. The van der Waals surface area contributed by atoms with Gasteiger partial charge < -0.3 is 14.9 Å². The minimum absolute atomic E-state index is 0.0469. The third kappa shape index (κ3) is 7.58. The number of rotatable bonds is 14. The van der Waals surface area contributed by atoms with E-state index in [4.69, 9.17) is 4.74 Å². The smallest absolute Gasteiger partial charge is 0.161 e. The topological polar surface area (TPSA) is 49.7 Å². The summed E-state index contributed by atoms with van der Waals surface area (Å²) in [6.07, 6.45) is 13.2. The van der Waals surface area contributed by atoms with Crippen LogP contribution < -0.4 is 4.74 Å². The van der Waals surface area contributed by atoms with E-state index in [2.05, 4.69) is 20.8 Å². The highest BCUT2D eigenvalue weighted by Gasteiger charge is 2.18. The fourth-order valence-electron chi connectivity index (χ4n) is 3.18. The Balaban J connectivity index is 2.96. The van der Waals surface area contributed by atoms with E-state index in [-0.39, 0.29) is 11.5 Å². The summed E-state index contributed by atoms with van der Waals surface area (Å²) in [5.41, 5.74) is 2.01. The van der Waals surface area contributed by atoms with Gasteiger partial charge in [-0.1, -0.05) is 65.7 Å². The molecule has 144 valence electrons. The van der Waals surface area contributed by atoms with Gasteiger partial charge in [-0.25, -0.2) is 0 Å². The van der Waals surface area contributed by atoms with Crippen molar-refractivity contribution in [3.8, 4) is 17.2 Å². The fraction of sp³-hybridized carbons (Fsp3) is 0.727. The molecule has 1 aromatic rings. The summed E-state index contributed by atoms with van der Waals surface area (Å²) >= 11 is 0. The lowest BCUT2D eigenvalue weighted by Crippen LogP contribution is -2.04. The molecule has 0 aliphatic heterocycles. The number of hydrogen-bond donors (Lipinski definition) is 2. The van der Waals surface area contributed by atoms with Gasteiger partial charge >= 0.3 is 0 Å². The fourth-order valence-corrected chi connectivity index (χ4v) is 3.18. The lowest BCUT2D eigenvalue weighted by atomic mass is 9.94. The Bertz CT molecular complexity index is 483. The predicted octanol–water partition coefficient (Wildman–Crippen LogP) is 6.52. The first-order valence-electron chi connectivity index (χ1n) is 10.3. The van der Waals surface area contributed by atoms with Gasteiger partial charge in [-0.3, -0.25) is 0 Å². The normalized spacial score (nSPS) is 11.0. The van der Waals surface area contributed by atoms with Crippen molar-refractivity contribution in [1.29, 1.82) is 0 Å². The molecular weight excluding hydrogens is 312 g/mol. The molecule has 0 bridgehead atoms. The van der Waals surface area contributed by atoms with Crippen molar-refractivity contribution in [2.75, 3.05) is 6.61 Å². The van der Waals surface area contributed by atoms with Crippen molar-refractivity contribution < 1.29 is 14.9 Å². The summed E-state index contributed by atoms with van der Waals surface area (Å²) in [4.78, 5) is 0. The number of aromatic hydroxyl groups is 2. The molecule has 0 unspecified atom stereocenters. The largest absolute Gasteiger partial charge is 0.504 e. The zero-order chi connectivity index (χ0) is 18.5. The molecule has 0 spiro atoms. The minimum atomic E-state index is -0.0469. The molecule has 0 aromatic heterocycles. The Morgan fingerprint density at radius 2 is 1.28 bits per heavy atom. The van der Waals surface area contributed by atoms with Crippen molar-refractivity contribution >= 4 is 0 Å². The van der Waals surface area contributed by atoms with Gasteiger partial charge in [-0.15, -0.1) is 0 Å². The SMILES string of the molecule is CCCCCCc1c(OCCCC)cc(O)c(O)c1CCCCCC. The van der Waals surface area contributed by atoms with Crippen LogP contribution in [0.2, 0.25) is 0 Å². The Hall–Kier alpha value is -1.38. The van der Waals surface area contributed by atoms with Crippen molar-refractivity contribution in [3.63, 3.8) is 0 Å². The molecule has 0 aliphatic rings. The summed E-state index contributed by atoms with van der Waals surface area (Å²) in [7, 11) is 0. The molecule has 0 fully saturated rings. The number of phenols is 2. The third-order valence-electron chi connectivity index (χ3n) is 4.77. The highest BCUT2D eigenvalue weighted by Crippen LogP contribution is 2.40. The standard InChI is InChI=1S/C22H38O3/c1-4-7-10-12-14-18-19(15-13-11-8-5-2)22(24)20(23)17-21(18)25-16-9-6-3/h17,23-24H,4-16H2,1-3H3. The number of hydrogen-bond acceptors (Lipinski definition) is 3. The molecule has 1 rings (SSSR count). The van der Waals surface area contributed by atoms with Crippen LogP contribution in [0.3, 0.4) is 0 Å². The van der Waals surface area contributed by atoms with Gasteiger partial charge in [0.25, 0.3) is 0 Å². The van der Waals surface area contributed by atoms with E-state index >= 15 is 0 Å². The van der Waals surface area contributed by atoms with E-state index in [0.717, 1.165) is 61.8 Å². The molecule has 3 heteroatoms. The first kappa shape index (κ1) is 21.7. The highest BCUT2D eigenvalue weighted by molar-refractivity contribution is 5.56. The van der Waals surface area contributed by atoms with Gasteiger partial charge in [0, 0.05) is 17.2 Å². The van der Waals surface area contributed by atoms with Crippen LogP contribution in [0.1, 0.15) is 96.1 Å². The summed E-state index contributed by atoms with van der Waals surface area (Å²) < 4.78 is 5.97. The maximum atomic E-state index is 10.4. The van der Waals surface area contributed by atoms with E-state index in [1.807, 2.05) is 0 Å². The molecule has 0 amide bonds. The summed E-state index contributed by atoms with van der Waals surface area (Å²) in [6, 6.07) is 1.61. The second-order valence-electron chi connectivity index (χ2n) is 7.02. The van der Waals surface area contributed by atoms with Crippen LogP contribution in [0.15, 0.2) is 6.07 Å². The van der Waals surface area contributed by atoms with E-state index in [0.29, 0.717) is 6.61 Å². The average molecular weight is 351 g/mol. The van der Waals surface area contributed by atoms with E-state index in [9.17, 15) is 10.2 Å². The minimum Gasteiger partial charge on any atom is -0.504 e. The second-order valence-corrected chi connectivity index (χ2v) is 7.02. The molecule has 1 aromatic carbocycles. The third-order valence-corrected chi connectivity index (χ3v) is 4.77. The Morgan fingerprint density at radius 3 is 1.84 bits per heavy atom. The molecule has 2 N–H and O–H groups in total. The summed E-state index contributed by atoms with van der Waals surface area (Å²) in [5, 5.41) is 20.6. The Morgan fingerprint density at radius 1 is 0.720 bits per heavy atom. The molecule has 0 atom stereocenters. The van der Waals surface area contributed by atoms with Crippen LogP contribution in [0.5, 0.6) is 17.2 Å². The Kier molecular flexibility index (Phi) is 11.2. The van der Waals surface area contributed by atoms with Crippen molar-refractivity contribution in [2.45, 2.75) is 97.8 Å². The zero-order valence-electron chi connectivity index (χ0n) is 16.6. The lowest BCUT2D eigenvalue weighted by molar-refractivity contribution is 0.301. The van der Waals surface area contributed by atoms with E-state index in [1.165, 1.54) is 32.1 Å². The van der Waals surface area contributed by atoms with Gasteiger partial charge in [-0.05, 0) is 32.1 Å². The van der Waals surface area contributed by atoms with Crippen LogP contribution in [0.4, 0.5) is 0 Å². The van der Waals surface area contributed by atoms with Gasteiger partial charge in [0.15, 0.2) is 11.5 Å². The van der Waals surface area contributed by atoms with Crippen LogP contribution in [-0.4, -0.2) is 16.8 Å². The molecule has 3 nitrogen and oxygen atoms in total. The van der Waals surface area contributed by atoms with Crippen molar-refractivity contribution in [2.24, 2.45) is 0 Å². The van der Waals surface area contributed by atoms with Gasteiger partial charge in [0.1, 0.15) is 5.75 Å². The van der Waals surface area contributed by atoms with Gasteiger partial charge in [0.2, 0.25) is 0 Å². The van der Waals surface area contributed by atoms with E-state index < -0.39 is 0 Å². The molecule has 0 heterocycles. The molecule has 0 saturated heterocycles. The van der Waals surface area contributed by atoms with Crippen molar-refractivity contribution in [1.82, 2.24) is 0 Å². The van der Waals surface area contributed by atoms with Crippen molar-refractivity contribution in [3.05, 3.63) is 17.2 Å². The molecule has 0 radical (unpaired) electrons. The van der Waals surface area contributed by atoms with Crippen LogP contribution in [-0.2, 0) is 12.8 Å². The molecule has 0 saturated carbocycles. The first-order valence-corrected chi connectivity index (χ1v) is 10.3. The first-order chi connectivity index (χ1) is 12.2. The van der Waals surface area contributed by atoms with Gasteiger partial charge in [0.05, 0.1) is 6.61 Å². The summed E-state index contributed by atoms with van der Waals surface area (Å²) in [5.74, 6) is 0.782. The monoisotopic (exact) mass is 350 g/mol. The van der Waals surface area contributed by atoms with E-state index in [1.54, 1.807) is 6.07 Å². The lowest BCUT2D eigenvalue weighted by Gasteiger charge is -2.18. The number of benzene rings is 1. The maximum Gasteiger partial charge on any atom is 0.161 e.